The fourth-order valence-corrected chi connectivity index (χ4v) is 3.88. The lowest BCUT2D eigenvalue weighted by molar-refractivity contribution is -0.202. The van der Waals surface area contributed by atoms with Crippen molar-refractivity contribution in [2.45, 2.75) is 23.7 Å². The normalized spacial score (nSPS) is 14.1. The Morgan fingerprint density at radius 2 is 1.72 bits per heavy atom. The summed E-state index contributed by atoms with van der Waals surface area (Å²) in [6, 6.07) is 9.76. The number of carbonyl (C=O) groups is 1. The van der Waals surface area contributed by atoms with Crippen molar-refractivity contribution < 1.29 is 31.1 Å². The number of hydrogen-bond acceptors (Lipinski definition) is 5. The van der Waals surface area contributed by atoms with Crippen molar-refractivity contribution in [2.75, 3.05) is 11.9 Å². The lowest BCUT2D eigenvalue weighted by Crippen LogP contribution is -2.69. The number of ether oxygens (including phenoxy) is 1. The molecule has 1 unspecified atom stereocenters. The zero-order valence-corrected chi connectivity index (χ0v) is 17.1. The van der Waals surface area contributed by atoms with Crippen LogP contribution in [0.2, 0.25) is 10.0 Å². The Kier molecular flexibility index (Phi) is 7.05. The van der Waals surface area contributed by atoms with E-state index >= 15 is 0 Å². The molecule has 0 saturated carbocycles. The molecule has 2 rings (SSSR count). The van der Waals surface area contributed by atoms with Crippen LogP contribution < -0.4 is 10.0 Å². The molecule has 0 fully saturated rings. The Morgan fingerprint density at radius 1 is 1.10 bits per heavy atom. The predicted octanol–water partition coefficient (Wildman–Crippen LogP) is 4.21. The van der Waals surface area contributed by atoms with Gasteiger partial charge in [0.1, 0.15) is 0 Å². The smallest absolute Gasteiger partial charge is 0.437 e. The maximum atomic E-state index is 14.1. The summed E-state index contributed by atoms with van der Waals surface area (Å²) in [6.45, 7) is 0.839. The summed E-state index contributed by atoms with van der Waals surface area (Å²) in [5.41, 5.74) is -4.30. The topological polar surface area (TPSA) is 84.5 Å². The number of rotatable bonds is 7. The second kappa shape index (κ2) is 8.78. The van der Waals surface area contributed by atoms with Gasteiger partial charge < -0.3 is 10.1 Å². The molecule has 2 aromatic rings. The Labute approximate surface area is 175 Å². The van der Waals surface area contributed by atoms with Crippen molar-refractivity contribution in [1.29, 1.82) is 0 Å². The van der Waals surface area contributed by atoms with Crippen molar-refractivity contribution in [3.63, 3.8) is 0 Å². The van der Waals surface area contributed by atoms with Crippen LogP contribution in [0.15, 0.2) is 53.4 Å². The number of alkyl halides is 3. The number of halogens is 5. The minimum Gasteiger partial charge on any atom is -0.463 e. The summed E-state index contributed by atoms with van der Waals surface area (Å²) in [6.07, 6.45) is -5.47. The highest BCUT2D eigenvalue weighted by atomic mass is 35.5. The third-order valence-corrected chi connectivity index (χ3v) is 5.63. The minimum atomic E-state index is -5.47. The predicted molar refractivity (Wildman–Crippen MR) is 102 cm³/mol. The van der Waals surface area contributed by atoms with Crippen molar-refractivity contribution >= 4 is 44.9 Å². The van der Waals surface area contributed by atoms with Gasteiger partial charge in [0.2, 0.25) is 10.0 Å². The highest BCUT2D eigenvalue weighted by Crippen LogP contribution is 2.37. The van der Waals surface area contributed by atoms with Crippen LogP contribution in [-0.4, -0.2) is 32.8 Å². The minimum absolute atomic E-state index is 0.00255. The van der Waals surface area contributed by atoms with Gasteiger partial charge in [0.25, 0.3) is 5.66 Å². The molecule has 2 aromatic carbocycles. The number of hydrogen-bond donors (Lipinski definition) is 2. The van der Waals surface area contributed by atoms with Gasteiger partial charge in [-0.05, 0) is 37.3 Å². The summed E-state index contributed by atoms with van der Waals surface area (Å²) in [4.78, 5) is 11.9. The van der Waals surface area contributed by atoms with E-state index in [1.165, 1.54) is 42.0 Å². The number of nitrogens with one attached hydrogen (secondary N) is 2. The zero-order chi connectivity index (χ0) is 21.9. The van der Waals surface area contributed by atoms with Gasteiger partial charge >= 0.3 is 12.1 Å². The van der Waals surface area contributed by atoms with Gasteiger partial charge in [-0.3, -0.25) is 0 Å². The van der Waals surface area contributed by atoms with Crippen LogP contribution in [0.5, 0.6) is 0 Å². The molecule has 0 spiro atoms. The first-order valence-corrected chi connectivity index (χ1v) is 10.2. The zero-order valence-electron chi connectivity index (χ0n) is 14.8. The average molecular weight is 471 g/mol. The number of anilines is 1. The Balaban J connectivity index is 2.66. The van der Waals surface area contributed by atoms with E-state index in [2.05, 4.69) is 4.74 Å². The van der Waals surface area contributed by atoms with E-state index < -0.39 is 45.0 Å². The SMILES string of the molecule is CCOC(=O)C(Nc1cc(Cl)ccc1Cl)(NS(=O)(=O)c1ccccc1)C(F)(F)F. The second-order valence-corrected chi connectivity index (χ2v) is 8.16. The van der Waals surface area contributed by atoms with Crippen LogP contribution in [0.4, 0.5) is 18.9 Å². The van der Waals surface area contributed by atoms with Crippen LogP contribution in [0.25, 0.3) is 0 Å². The fraction of sp³-hybridized carbons (Fsp3) is 0.235. The number of sulfonamides is 1. The highest BCUT2D eigenvalue weighted by Gasteiger charge is 2.64. The summed E-state index contributed by atoms with van der Waals surface area (Å²) in [5, 5.41) is 1.62. The molecular weight excluding hydrogens is 456 g/mol. The van der Waals surface area contributed by atoms with Crippen LogP contribution in [0, 0.1) is 0 Å². The largest absolute Gasteiger partial charge is 0.463 e. The monoisotopic (exact) mass is 470 g/mol. The van der Waals surface area contributed by atoms with Crippen LogP contribution >= 0.6 is 23.2 Å². The van der Waals surface area contributed by atoms with Gasteiger partial charge in [-0.2, -0.15) is 17.9 Å². The third-order valence-electron chi connectivity index (χ3n) is 3.60. The molecule has 12 heteroatoms. The van der Waals surface area contributed by atoms with E-state index in [-0.39, 0.29) is 10.0 Å². The first-order chi connectivity index (χ1) is 13.4. The number of carbonyl (C=O) groups excluding carboxylic acids is 1. The summed E-state index contributed by atoms with van der Waals surface area (Å²) in [5.74, 6) is -1.91. The van der Waals surface area contributed by atoms with Gasteiger partial charge in [-0.1, -0.05) is 41.4 Å². The lowest BCUT2D eigenvalue weighted by atomic mass is 10.1. The van der Waals surface area contributed by atoms with E-state index in [4.69, 9.17) is 23.2 Å². The van der Waals surface area contributed by atoms with Gasteiger partial charge in [0.05, 0.1) is 22.2 Å². The molecule has 6 nitrogen and oxygen atoms in total. The molecule has 0 aliphatic carbocycles. The molecule has 0 amide bonds. The fourth-order valence-electron chi connectivity index (χ4n) is 2.26. The lowest BCUT2D eigenvalue weighted by Gasteiger charge is -2.35. The molecule has 0 radical (unpaired) electrons. The van der Waals surface area contributed by atoms with E-state index in [1.54, 1.807) is 0 Å². The Morgan fingerprint density at radius 3 is 2.28 bits per heavy atom. The van der Waals surface area contributed by atoms with Crippen molar-refractivity contribution in [3.05, 3.63) is 58.6 Å². The maximum Gasteiger partial charge on any atom is 0.437 e. The van der Waals surface area contributed by atoms with Gasteiger partial charge in [0.15, 0.2) is 0 Å². The first kappa shape index (κ1) is 23.3. The van der Waals surface area contributed by atoms with E-state index in [0.717, 1.165) is 18.2 Å². The van der Waals surface area contributed by atoms with Gasteiger partial charge in [-0.25, -0.2) is 13.2 Å². The summed E-state index contributed by atoms with van der Waals surface area (Å²) in [7, 11) is -4.82. The molecule has 0 aliphatic rings. The molecule has 0 heterocycles. The quantitative estimate of drug-likeness (QED) is 0.467. The number of benzene rings is 2. The van der Waals surface area contributed by atoms with Crippen LogP contribution in [0.3, 0.4) is 0 Å². The van der Waals surface area contributed by atoms with Crippen molar-refractivity contribution in [2.24, 2.45) is 0 Å². The average Bonchev–Trinajstić information content (AvgIpc) is 2.64. The molecular formula is C17H15Cl2F3N2O4S. The maximum absolute atomic E-state index is 14.1. The summed E-state index contributed by atoms with van der Waals surface area (Å²) >= 11 is 11.7. The van der Waals surface area contributed by atoms with Crippen LogP contribution in [0.1, 0.15) is 6.92 Å². The Hall–Kier alpha value is -2.01. The van der Waals surface area contributed by atoms with Crippen molar-refractivity contribution in [3.8, 4) is 0 Å². The molecule has 0 bridgehead atoms. The van der Waals surface area contributed by atoms with Crippen LogP contribution in [-0.2, 0) is 19.6 Å². The molecule has 1 atom stereocenters. The Bertz CT molecular complexity index is 988. The third kappa shape index (κ3) is 5.13. The molecule has 2 N–H and O–H groups in total. The van der Waals surface area contributed by atoms with E-state index in [1.807, 2.05) is 5.32 Å². The molecule has 0 saturated heterocycles. The molecule has 0 aromatic heterocycles. The molecule has 0 aliphatic heterocycles. The van der Waals surface area contributed by atoms with E-state index in [0.29, 0.717) is 0 Å². The second-order valence-electron chi connectivity index (χ2n) is 5.64. The van der Waals surface area contributed by atoms with Gasteiger partial charge in [-0.15, -0.1) is 0 Å². The number of esters is 1. The highest BCUT2D eigenvalue weighted by molar-refractivity contribution is 7.89. The molecule has 29 heavy (non-hydrogen) atoms. The van der Waals surface area contributed by atoms with E-state index in [9.17, 15) is 26.4 Å². The molecule has 158 valence electrons. The van der Waals surface area contributed by atoms with Gasteiger partial charge in [0, 0.05) is 5.02 Å². The first-order valence-electron chi connectivity index (χ1n) is 7.99. The standard InChI is InChI=1S/C17H15Cl2F3N2O4S/c1-2-28-15(25)16(17(20,21)22,23-14-10-11(18)8-9-13(14)19)24-29(26,27)12-6-4-3-5-7-12/h3-10,23-24H,2H2,1H3. The van der Waals surface area contributed by atoms with Crippen molar-refractivity contribution in [1.82, 2.24) is 4.72 Å². The summed E-state index contributed by atoms with van der Waals surface area (Å²) < 4.78 is 73.6.